The number of carbonyl (C=O) groups is 1. The quantitative estimate of drug-likeness (QED) is 0.791. The van der Waals surface area contributed by atoms with Gasteiger partial charge in [-0.15, -0.1) is 0 Å². The van der Waals surface area contributed by atoms with Gasteiger partial charge in [0.15, 0.2) is 5.69 Å². The maximum absolute atomic E-state index is 11.1. The molecule has 0 bridgehead atoms. The van der Waals surface area contributed by atoms with Gasteiger partial charge in [0.05, 0.1) is 31.7 Å². The summed E-state index contributed by atoms with van der Waals surface area (Å²) in [5, 5.41) is 3.03. The van der Waals surface area contributed by atoms with Crippen molar-refractivity contribution in [3.05, 3.63) is 42.4 Å². The molecule has 0 atom stereocenters. The minimum Gasteiger partial charge on any atom is -0.464 e. The number of hydrogen-bond acceptors (Lipinski definition) is 7. The van der Waals surface area contributed by atoms with Crippen LogP contribution in [0.25, 0.3) is 0 Å². The zero-order chi connectivity index (χ0) is 12.8. The van der Waals surface area contributed by atoms with Gasteiger partial charge in [-0.05, 0) is 6.07 Å². The molecule has 0 aliphatic carbocycles. The highest BCUT2D eigenvalue weighted by molar-refractivity contribution is 5.86. The summed E-state index contributed by atoms with van der Waals surface area (Å²) in [7, 11) is 1.30. The average Bonchev–Trinajstić information content (AvgIpc) is 2.46. The summed E-state index contributed by atoms with van der Waals surface area (Å²) in [4.78, 5) is 27.0. The Morgan fingerprint density at radius 3 is 2.83 bits per heavy atom. The number of anilines is 1. The minimum absolute atomic E-state index is 0.171. The molecular weight excluding hydrogens is 234 g/mol. The molecule has 0 amide bonds. The third-order valence-electron chi connectivity index (χ3n) is 2.14. The Morgan fingerprint density at radius 1 is 1.33 bits per heavy atom. The predicted molar refractivity (Wildman–Crippen MR) is 62.7 cm³/mol. The van der Waals surface area contributed by atoms with Crippen molar-refractivity contribution in [1.29, 1.82) is 0 Å². The largest absolute Gasteiger partial charge is 0.464 e. The summed E-state index contributed by atoms with van der Waals surface area (Å²) < 4.78 is 4.53. The fraction of sp³-hybridized carbons (Fsp3) is 0.182. The highest BCUT2D eigenvalue weighted by Gasteiger charge is 2.07. The van der Waals surface area contributed by atoms with Gasteiger partial charge in [0.2, 0.25) is 0 Å². The van der Waals surface area contributed by atoms with Crippen molar-refractivity contribution in [2.75, 3.05) is 12.4 Å². The van der Waals surface area contributed by atoms with Gasteiger partial charge in [-0.2, -0.15) is 0 Å². The lowest BCUT2D eigenvalue weighted by Gasteiger charge is -2.04. The van der Waals surface area contributed by atoms with E-state index < -0.39 is 5.97 Å². The molecule has 7 nitrogen and oxygen atoms in total. The molecule has 0 aliphatic heterocycles. The summed E-state index contributed by atoms with van der Waals surface area (Å²) in [6.07, 6.45) is 5.96. The second kappa shape index (κ2) is 5.67. The van der Waals surface area contributed by atoms with Crippen LogP contribution in [0.4, 0.5) is 5.82 Å². The van der Waals surface area contributed by atoms with Gasteiger partial charge in [-0.1, -0.05) is 0 Å². The van der Waals surface area contributed by atoms with Crippen LogP contribution in [0.2, 0.25) is 0 Å². The van der Waals surface area contributed by atoms with Gasteiger partial charge in [0.25, 0.3) is 0 Å². The Morgan fingerprint density at radius 2 is 2.22 bits per heavy atom. The van der Waals surface area contributed by atoms with E-state index in [1.807, 2.05) is 0 Å². The Kier molecular flexibility index (Phi) is 3.75. The number of nitrogens with one attached hydrogen (secondary N) is 1. The zero-order valence-electron chi connectivity index (χ0n) is 9.70. The SMILES string of the molecule is COC(=O)c1cnc(NCc2ccncn2)cn1. The molecule has 92 valence electrons. The molecule has 0 aromatic carbocycles. The smallest absolute Gasteiger partial charge is 0.358 e. The van der Waals surface area contributed by atoms with Crippen LogP contribution in [0.5, 0.6) is 0 Å². The van der Waals surface area contributed by atoms with Gasteiger partial charge in [-0.25, -0.2) is 24.7 Å². The third-order valence-corrected chi connectivity index (χ3v) is 2.14. The lowest BCUT2D eigenvalue weighted by Crippen LogP contribution is -2.07. The van der Waals surface area contributed by atoms with Crippen LogP contribution in [0.15, 0.2) is 31.0 Å². The zero-order valence-corrected chi connectivity index (χ0v) is 9.70. The van der Waals surface area contributed by atoms with Crippen molar-refractivity contribution in [3.8, 4) is 0 Å². The Balaban J connectivity index is 1.97. The van der Waals surface area contributed by atoms with Crippen molar-refractivity contribution in [2.45, 2.75) is 6.54 Å². The first kappa shape index (κ1) is 11.9. The van der Waals surface area contributed by atoms with E-state index in [0.717, 1.165) is 5.69 Å². The lowest BCUT2D eigenvalue weighted by molar-refractivity contribution is 0.0593. The molecule has 0 spiro atoms. The Hall–Kier alpha value is -2.57. The Labute approximate surface area is 103 Å². The summed E-state index contributed by atoms with van der Waals surface area (Å²) in [6.45, 7) is 0.509. The molecule has 18 heavy (non-hydrogen) atoms. The Bertz CT molecular complexity index is 515. The molecule has 0 saturated carbocycles. The number of ether oxygens (including phenoxy) is 1. The van der Waals surface area contributed by atoms with E-state index in [9.17, 15) is 4.79 Å². The van der Waals surface area contributed by atoms with Crippen LogP contribution < -0.4 is 5.32 Å². The van der Waals surface area contributed by atoms with Crippen LogP contribution >= 0.6 is 0 Å². The minimum atomic E-state index is -0.509. The molecular formula is C11H11N5O2. The first-order valence-electron chi connectivity index (χ1n) is 5.18. The average molecular weight is 245 g/mol. The number of aromatic nitrogens is 4. The van der Waals surface area contributed by atoms with Gasteiger partial charge in [0.1, 0.15) is 12.1 Å². The molecule has 0 radical (unpaired) electrons. The topological polar surface area (TPSA) is 89.9 Å². The molecule has 2 aromatic rings. The standard InChI is InChI=1S/C11H11N5O2/c1-18-11(17)9-5-15-10(6-13-9)14-4-8-2-3-12-7-16-8/h2-3,5-7H,4H2,1H3,(H,14,15). The van der Waals surface area contributed by atoms with E-state index in [4.69, 9.17) is 0 Å². The monoisotopic (exact) mass is 245 g/mol. The van der Waals surface area contributed by atoms with Gasteiger partial charge in [0, 0.05) is 6.20 Å². The number of carbonyl (C=O) groups excluding carboxylic acids is 1. The van der Waals surface area contributed by atoms with Crippen LogP contribution in [0, 0.1) is 0 Å². The second-order valence-electron chi connectivity index (χ2n) is 3.33. The first-order valence-corrected chi connectivity index (χ1v) is 5.18. The molecule has 0 fully saturated rings. The highest BCUT2D eigenvalue weighted by atomic mass is 16.5. The highest BCUT2D eigenvalue weighted by Crippen LogP contribution is 2.04. The van der Waals surface area contributed by atoms with Crippen molar-refractivity contribution < 1.29 is 9.53 Å². The fourth-order valence-corrected chi connectivity index (χ4v) is 1.23. The fourth-order valence-electron chi connectivity index (χ4n) is 1.23. The van der Waals surface area contributed by atoms with Crippen LogP contribution in [0.3, 0.4) is 0 Å². The van der Waals surface area contributed by atoms with Crippen molar-refractivity contribution in [3.63, 3.8) is 0 Å². The summed E-state index contributed by atoms with van der Waals surface area (Å²) in [5.74, 6) is 0.0473. The molecule has 0 unspecified atom stereocenters. The number of nitrogens with zero attached hydrogens (tertiary/aromatic N) is 4. The van der Waals surface area contributed by atoms with Crippen molar-refractivity contribution in [1.82, 2.24) is 19.9 Å². The van der Waals surface area contributed by atoms with Crippen molar-refractivity contribution >= 4 is 11.8 Å². The normalized spacial score (nSPS) is 9.83. The summed E-state index contributed by atoms with van der Waals surface area (Å²) in [5.41, 5.74) is 1.01. The molecule has 2 rings (SSSR count). The van der Waals surface area contributed by atoms with Crippen LogP contribution in [0.1, 0.15) is 16.2 Å². The molecule has 2 aromatic heterocycles. The first-order chi connectivity index (χ1) is 8.79. The maximum atomic E-state index is 11.1. The molecule has 7 heteroatoms. The number of methoxy groups -OCH3 is 1. The van der Waals surface area contributed by atoms with E-state index in [-0.39, 0.29) is 5.69 Å². The molecule has 0 saturated heterocycles. The van der Waals surface area contributed by atoms with Gasteiger partial charge in [-0.3, -0.25) is 0 Å². The van der Waals surface area contributed by atoms with E-state index in [0.29, 0.717) is 12.4 Å². The summed E-state index contributed by atoms with van der Waals surface area (Å²) in [6, 6.07) is 1.79. The third kappa shape index (κ3) is 2.97. The maximum Gasteiger partial charge on any atom is 0.358 e. The van der Waals surface area contributed by atoms with Crippen molar-refractivity contribution in [2.24, 2.45) is 0 Å². The second-order valence-corrected chi connectivity index (χ2v) is 3.33. The van der Waals surface area contributed by atoms with E-state index in [2.05, 4.69) is 30.0 Å². The predicted octanol–water partition coefficient (Wildman–Crippen LogP) is 0.665. The lowest BCUT2D eigenvalue weighted by atomic mass is 10.4. The van der Waals surface area contributed by atoms with Gasteiger partial charge >= 0.3 is 5.97 Å². The van der Waals surface area contributed by atoms with Gasteiger partial charge < -0.3 is 10.1 Å². The summed E-state index contributed by atoms with van der Waals surface area (Å²) >= 11 is 0. The van der Waals surface area contributed by atoms with E-state index >= 15 is 0 Å². The molecule has 2 heterocycles. The van der Waals surface area contributed by atoms with E-state index in [1.165, 1.54) is 25.8 Å². The number of rotatable bonds is 4. The molecule has 1 N–H and O–H groups in total. The van der Waals surface area contributed by atoms with Crippen LogP contribution in [-0.2, 0) is 11.3 Å². The number of hydrogen-bond donors (Lipinski definition) is 1. The molecule has 0 aliphatic rings. The van der Waals surface area contributed by atoms with Crippen LogP contribution in [-0.4, -0.2) is 33.0 Å². The van der Waals surface area contributed by atoms with E-state index in [1.54, 1.807) is 12.3 Å². The number of esters is 1.